The number of carbonyl (C=O) groups excluding carboxylic acids is 1. The van der Waals surface area contributed by atoms with E-state index in [9.17, 15) is 31.1 Å². The number of nitrogens with one attached hydrogen (secondary N) is 1. The lowest BCUT2D eigenvalue weighted by atomic mass is 10.0. The summed E-state index contributed by atoms with van der Waals surface area (Å²) in [7, 11) is 0. The van der Waals surface area contributed by atoms with Crippen LogP contribution in [0.3, 0.4) is 0 Å². The third-order valence-electron chi connectivity index (χ3n) is 3.46. The predicted octanol–water partition coefficient (Wildman–Crippen LogP) is 4.62. The van der Waals surface area contributed by atoms with Crippen LogP contribution in [0.15, 0.2) is 48.8 Å². The van der Waals surface area contributed by atoms with Crippen LogP contribution in [-0.2, 0) is 12.4 Å². The van der Waals surface area contributed by atoms with Crippen LogP contribution < -0.4 is 5.32 Å². The fraction of sp³-hybridized carbons (Fsp3) is 0.125. The third kappa shape index (κ3) is 3.63. The van der Waals surface area contributed by atoms with Gasteiger partial charge in [0.2, 0.25) is 0 Å². The molecule has 2 aromatic heterocycles. The van der Waals surface area contributed by atoms with Crippen LogP contribution in [0.2, 0.25) is 0 Å². The molecule has 3 aromatic rings. The number of hydrogen-bond donors (Lipinski definition) is 1. The summed E-state index contributed by atoms with van der Waals surface area (Å²) in [6.45, 7) is 0. The summed E-state index contributed by atoms with van der Waals surface area (Å²) in [5, 5.41) is 2.20. The van der Waals surface area contributed by atoms with Crippen LogP contribution in [0.1, 0.15) is 21.5 Å². The Morgan fingerprint density at radius 1 is 0.962 bits per heavy atom. The van der Waals surface area contributed by atoms with Gasteiger partial charge in [0.25, 0.3) is 5.91 Å². The summed E-state index contributed by atoms with van der Waals surface area (Å²) in [6, 6.07) is 5.66. The second kappa shape index (κ2) is 6.04. The molecule has 0 atom stereocenters. The molecule has 0 aliphatic heterocycles. The minimum atomic E-state index is -5.03. The lowest BCUT2D eigenvalue weighted by Gasteiger charge is -2.13. The van der Waals surface area contributed by atoms with Crippen molar-refractivity contribution in [1.29, 1.82) is 0 Å². The van der Waals surface area contributed by atoms with Gasteiger partial charge in [0.15, 0.2) is 5.82 Å². The maximum atomic E-state index is 12.9. The zero-order valence-electron chi connectivity index (χ0n) is 12.7. The van der Waals surface area contributed by atoms with Crippen molar-refractivity contribution < 1.29 is 31.1 Å². The Morgan fingerprint density at radius 2 is 1.58 bits per heavy atom. The van der Waals surface area contributed by atoms with E-state index in [-0.39, 0.29) is 11.9 Å². The predicted molar refractivity (Wildman–Crippen MR) is 79.6 cm³/mol. The number of imidazole rings is 1. The van der Waals surface area contributed by atoms with Crippen LogP contribution >= 0.6 is 0 Å². The lowest BCUT2D eigenvalue weighted by molar-refractivity contribution is -0.143. The van der Waals surface area contributed by atoms with E-state index in [1.807, 2.05) is 0 Å². The summed E-state index contributed by atoms with van der Waals surface area (Å²) in [4.78, 5) is 16.2. The number of anilines is 1. The molecule has 3 rings (SSSR count). The van der Waals surface area contributed by atoms with Crippen LogP contribution in [-0.4, -0.2) is 15.3 Å². The summed E-state index contributed by atoms with van der Waals surface area (Å²) in [5.41, 5.74) is -3.45. The number of amides is 1. The highest BCUT2D eigenvalue weighted by molar-refractivity contribution is 6.04. The Kier molecular flexibility index (Phi) is 4.13. The molecule has 0 bridgehead atoms. The quantitative estimate of drug-likeness (QED) is 0.666. The Balaban J connectivity index is 1.97. The number of rotatable bonds is 2. The van der Waals surface area contributed by atoms with Gasteiger partial charge < -0.3 is 9.72 Å². The molecular formula is C16H9F6N3O. The standard InChI is InChI=1S/C16H9F6N3O/c17-15(18,19)10-5-9(6-11(7-10)16(20,21)22)14(26)24-12-8-25-4-2-1-3-13(25)23-12/h1-8H,(H,24,26). The maximum absolute atomic E-state index is 12.9. The summed E-state index contributed by atoms with van der Waals surface area (Å²) in [6.07, 6.45) is -7.06. The molecule has 0 spiro atoms. The van der Waals surface area contributed by atoms with E-state index >= 15 is 0 Å². The molecule has 1 amide bonds. The van der Waals surface area contributed by atoms with Gasteiger partial charge in [-0.15, -0.1) is 0 Å². The number of hydrogen-bond acceptors (Lipinski definition) is 2. The first-order valence-electron chi connectivity index (χ1n) is 7.08. The second-order valence-electron chi connectivity index (χ2n) is 5.34. The number of benzene rings is 1. The molecule has 0 aliphatic carbocycles. The zero-order chi connectivity index (χ0) is 19.1. The molecule has 2 heterocycles. The van der Waals surface area contributed by atoms with Crippen LogP contribution in [0.4, 0.5) is 32.2 Å². The first-order chi connectivity index (χ1) is 12.0. The molecule has 0 saturated carbocycles. The largest absolute Gasteiger partial charge is 0.416 e. The van der Waals surface area contributed by atoms with Gasteiger partial charge >= 0.3 is 12.4 Å². The van der Waals surface area contributed by atoms with E-state index in [2.05, 4.69) is 10.3 Å². The molecule has 0 aliphatic rings. The van der Waals surface area contributed by atoms with Gasteiger partial charge in [-0.05, 0) is 30.3 Å². The van der Waals surface area contributed by atoms with Gasteiger partial charge in [0.1, 0.15) is 5.65 Å². The number of alkyl halides is 6. The molecule has 10 heteroatoms. The fourth-order valence-electron chi connectivity index (χ4n) is 2.27. The topological polar surface area (TPSA) is 46.4 Å². The molecule has 26 heavy (non-hydrogen) atoms. The Bertz CT molecular complexity index is 909. The minimum absolute atomic E-state index is 0.00725. The minimum Gasteiger partial charge on any atom is -0.305 e. The van der Waals surface area contributed by atoms with Crippen molar-refractivity contribution in [2.24, 2.45) is 0 Å². The van der Waals surface area contributed by atoms with Crippen molar-refractivity contribution in [2.45, 2.75) is 12.4 Å². The summed E-state index contributed by atoms with van der Waals surface area (Å²) < 4.78 is 78.6. The highest BCUT2D eigenvalue weighted by atomic mass is 19.4. The van der Waals surface area contributed by atoms with Crippen LogP contribution in [0.5, 0.6) is 0 Å². The van der Waals surface area contributed by atoms with E-state index in [1.54, 1.807) is 24.4 Å². The van der Waals surface area contributed by atoms with E-state index in [1.165, 1.54) is 10.6 Å². The van der Waals surface area contributed by atoms with Crippen molar-refractivity contribution in [3.8, 4) is 0 Å². The third-order valence-corrected chi connectivity index (χ3v) is 3.46. The van der Waals surface area contributed by atoms with E-state index in [0.29, 0.717) is 17.8 Å². The number of carbonyl (C=O) groups is 1. The monoisotopic (exact) mass is 373 g/mol. The van der Waals surface area contributed by atoms with Gasteiger partial charge in [-0.25, -0.2) is 4.98 Å². The second-order valence-corrected chi connectivity index (χ2v) is 5.34. The number of pyridine rings is 1. The SMILES string of the molecule is O=C(Nc1cn2ccccc2n1)c1cc(C(F)(F)F)cc(C(F)(F)F)c1. The van der Waals surface area contributed by atoms with Crippen molar-refractivity contribution in [3.05, 3.63) is 65.5 Å². The lowest BCUT2D eigenvalue weighted by Crippen LogP contribution is -2.17. The normalized spacial score (nSPS) is 12.4. The first kappa shape index (κ1) is 17.8. The molecule has 1 aromatic carbocycles. The molecule has 4 nitrogen and oxygen atoms in total. The first-order valence-corrected chi connectivity index (χ1v) is 7.08. The van der Waals surface area contributed by atoms with Gasteiger partial charge in [0.05, 0.1) is 17.3 Å². The van der Waals surface area contributed by atoms with Crippen LogP contribution in [0, 0.1) is 0 Å². The average Bonchev–Trinajstić information content (AvgIpc) is 2.95. The van der Waals surface area contributed by atoms with Gasteiger partial charge in [-0.3, -0.25) is 4.79 Å². The number of aromatic nitrogens is 2. The number of fused-ring (bicyclic) bond motifs is 1. The van der Waals surface area contributed by atoms with Gasteiger partial charge in [-0.1, -0.05) is 6.07 Å². The maximum Gasteiger partial charge on any atom is 0.416 e. The van der Waals surface area contributed by atoms with E-state index in [4.69, 9.17) is 0 Å². The molecular weight excluding hydrogens is 364 g/mol. The van der Waals surface area contributed by atoms with E-state index < -0.39 is 35.0 Å². The van der Waals surface area contributed by atoms with Crippen molar-refractivity contribution in [2.75, 3.05) is 5.32 Å². The average molecular weight is 373 g/mol. The Hall–Kier alpha value is -3.04. The van der Waals surface area contributed by atoms with Crippen molar-refractivity contribution >= 4 is 17.4 Å². The molecule has 0 saturated heterocycles. The van der Waals surface area contributed by atoms with Crippen molar-refractivity contribution in [1.82, 2.24) is 9.38 Å². The number of nitrogens with zero attached hydrogens (tertiary/aromatic N) is 2. The number of halogens is 6. The smallest absolute Gasteiger partial charge is 0.305 e. The molecule has 136 valence electrons. The molecule has 0 radical (unpaired) electrons. The Morgan fingerprint density at radius 3 is 2.12 bits per heavy atom. The fourth-order valence-corrected chi connectivity index (χ4v) is 2.27. The summed E-state index contributed by atoms with van der Waals surface area (Å²) in [5.74, 6) is -1.14. The molecule has 1 N–H and O–H groups in total. The van der Waals surface area contributed by atoms with Crippen LogP contribution in [0.25, 0.3) is 5.65 Å². The molecule has 0 fully saturated rings. The summed E-state index contributed by atoms with van der Waals surface area (Å²) >= 11 is 0. The highest BCUT2D eigenvalue weighted by Gasteiger charge is 2.37. The van der Waals surface area contributed by atoms with Crippen molar-refractivity contribution in [3.63, 3.8) is 0 Å². The molecule has 0 unspecified atom stereocenters. The Labute approximate surface area is 142 Å². The van der Waals surface area contributed by atoms with Gasteiger partial charge in [-0.2, -0.15) is 26.3 Å². The van der Waals surface area contributed by atoms with E-state index in [0.717, 1.165) is 0 Å². The zero-order valence-corrected chi connectivity index (χ0v) is 12.7. The van der Waals surface area contributed by atoms with Gasteiger partial charge in [0, 0.05) is 11.8 Å². The highest BCUT2D eigenvalue weighted by Crippen LogP contribution is 2.36.